The second kappa shape index (κ2) is 5.86. The molecule has 0 unspecified atom stereocenters. The Balaban J connectivity index is 1.66. The van der Waals surface area contributed by atoms with E-state index in [2.05, 4.69) is 16.6 Å². The summed E-state index contributed by atoms with van der Waals surface area (Å²) in [6.07, 6.45) is 4.32. The number of benzene rings is 1. The smallest absolute Gasteiger partial charge is 0.247 e. The summed E-state index contributed by atoms with van der Waals surface area (Å²) in [5, 5.41) is 7.95. The van der Waals surface area contributed by atoms with Crippen molar-refractivity contribution in [3.8, 4) is 11.5 Å². The van der Waals surface area contributed by atoms with Crippen molar-refractivity contribution >= 4 is 5.91 Å². The molecule has 5 nitrogen and oxygen atoms in total. The van der Waals surface area contributed by atoms with Crippen LogP contribution in [0.4, 0.5) is 0 Å². The molecule has 3 rings (SSSR count). The van der Waals surface area contributed by atoms with Gasteiger partial charge in [-0.05, 0) is 31.4 Å². The van der Waals surface area contributed by atoms with Gasteiger partial charge in [0.2, 0.25) is 17.7 Å². The molecule has 1 aromatic carbocycles. The third-order valence-electron chi connectivity index (χ3n) is 3.35. The highest BCUT2D eigenvalue weighted by molar-refractivity contribution is 5.78. The molecule has 5 heteroatoms. The third kappa shape index (κ3) is 2.87. The van der Waals surface area contributed by atoms with Crippen LogP contribution in [0.25, 0.3) is 11.5 Å². The molecule has 0 N–H and O–H groups in total. The number of aromatic nitrogens is 2. The zero-order chi connectivity index (χ0) is 13.8. The van der Waals surface area contributed by atoms with Gasteiger partial charge in [0, 0.05) is 18.7 Å². The van der Waals surface area contributed by atoms with Gasteiger partial charge in [-0.3, -0.25) is 4.79 Å². The van der Waals surface area contributed by atoms with Crippen LogP contribution < -0.4 is 0 Å². The minimum Gasteiger partial charge on any atom is -0.420 e. The average Bonchev–Trinajstić information content (AvgIpc) is 2.97. The van der Waals surface area contributed by atoms with Gasteiger partial charge in [0.05, 0.1) is 0 Å². The van der Waals surface area contributed by atoms with Crippen LogP contribution in [0.15, 0.2) is 34.7 Å². The molecule has 2 aromatic rings. The number of piperidine rings is 1. The average molecular weight is 270 g/mol. The molecule has 2 heterocycles. The fraction of sp³-hybridized carbons (Fsp3) is 0.333. The maximum Gasteiger partial charge on any atom is 0.247 e. The Morgan fingerprint density at radius 1 is 1.15 bits per heavy atom. The van der Waals surface area contributed by atoms with Gasteiger partial charge in [0.25, 0.3) is 0 Å². The first-order valence-corrected chi connectivity index (χ1v) is 6.80. The van der Waals surface area contributed by atoms with Gasteiger partial charge in [-0.1, -0.05) is 18.2 Å². The molecule has 0 atom stereocenters. The number of nitrogens with zero attached hydrogens (tertiary/aromatic N) is 3. The minimum atomic E-state index is 0.0568. The summed E-state index contributed by atoms with van der Waals surface area (Å²) < 4.78 is 5.55. The van der Waals surface area contributed by atoms with Crippen LogP contribution in [0.5, 0.6) is 0 Å². The largest absolute Gasteiger partial charge is 0.420 e. The van der Waals surface area contributed by atoms with Gasteiger partial charge < -0.3 is 9.32 Å². The Hall–Kier alpha value is -2.17. The van der Waals surface area contributed by atoms with E-state index < -0.39 is 0 Å². The molecule has 1 aliphatic heterocycles. The maximum absolute atomic E-state index is 12.1. The van der Waals surface area contributed by atoms with Gasteiger partial charge in [-0.25, -0.2) is 0 Å². The maximum atomic E-state index is 12.1. The monoisotopic (exact) mass is 270 g/mol. The first-order chi connectivity index (χ1) is 9.83. The predicted molar refractivity (Wildman–Crippen MR) is 73.6 cm³/mol. The molecule has 20 heavy (non-hydrogen) atoms. The van der Waals surface area contributed by atoms with Crippen LogP contribution in [0.2, 0.25) is 0 Å². The summed E-state index contributed by atoms with van der Waals surface area (Å²) in [5.41, 5.74) is 0.867. The molecule has 0 bridgehead atoms. The number of likely N-dealkylation sites (tertiary alicyclic amines) is 1. The van der Waals surface area contributed by atoms with Crippen LogP contribution in [-0.2, 0) is 11.2 Å². The predicted octanol–water partition coefficient (Wildman–Crippen LogP) is 2.11. The summed E-state index contributed by atoms with van der Waals surface area (Å²) in [6, 6.07) is 9.56. The number of hydrogen-bond donors (Lipinski definition) is 0. The van der Waals surface area contributed by atoms with Crippen molar-refractivity contribution in [1.29, 1.82) is 0 Å². The van der Waals surface area contributed by atoms with Crippen molar-refractivity contribution in [1.82, 2.24) is 15.1 Å². The lowest BCUT2D eigenvalue weighted by molar-refractivity contribution is -0.131. The zero-order valence-electron chi connectivity index (χ0n) is 11.2. The zero-order valence-corrected chi connectivity index (χ0v) is 11.2. The molecule has 0 spiro atoms. The van der Waals surface area contributed by atoms with E-state index >= 15 is 0 Å². The highest BCUT2D eigenvalue weighted by atomic mass is 16.4. The van der Waals surface area contributed by atoms with Crippen molar-refractivity contribution in [2.24, 2.45) is 0 Å². The SMILES string of the molecule is O=C(Cc1nnc(-c2ccccc2)o1)N1CC[CH]CC1. The molecule has 0 saturated carbocycles. The van der Waals surface area contributed by atoms with E-state index in [1.165, 1.54) is 0 Å². The summed E-state index contributed by atoms with van der Waals surface area (Å²) in [5.74, 6) is 0.894. The van der Waals surface area contributed by atoms with Crippen molar-refractivity contribution in [2.45, 2.75) is 19.3 Å². The van der Waals surface area contributed by atoms with Gasteiger partial charge >= 0.3 is 0 Å². The molecule has 1 saturated heterocycles. The van der Waals surface area contributed by atoms with E-state index in [4.69, 9.17) is 4.42 Å². The number of rotatable bonds is 3. The fourth-order valence-electron chi connectivity index (χ4n) is 2.26. The highest BCUT2D eigenvalue weighted by Gasteiger charge is 2.19. The van der Waals surface area contributed by atoms with Gasteiger partial charge in [-0.15, -0.1) is 10.2 Å². The first-order valence-electron chi connectivity index (χ1n) is 6.80. The van der Waals surface area contributed by atoms with Crippen LogP contribution in [-0.4, -0.2) is 34.1 Å². The van der Waals surface area contributed by atoms with Crippen LogP contribution in [0, 0.1) is 6.42 Å². The van der Waals surface area contributed by atoms with E-state index in [0.29, 0.717) is 11.8 Å². The molecular weight excluding hydrogens is 254 g/mol. The second-order valence-corrected chi connectivity index (χ2v) is 4.79. The summed E-state index contributed by atoms with van der Waals surface area (Å²) in [4.78, 5) is 14.0. The topological polar surface area (TPSA) is 59.2 Å². The third-order valence-corrected chi connectivity index (χ3v) is 3.35. The van der Waals surface area contributed by atoms with E-state index in [9.17, 15) is 4.79 Å². The lowest BCUT2D eigenvalue weighted by atomic mass is 10.1. The molecule has 1 fully saturated rings. The normalized spacial score (nSPS) is 15.3. The molecule has 103 valence electrons. The van der Waals surface area contributed by atoms with Crippen molar-refractivity contribution in [3.63, 3.8) is 0 Å². The Bertz CT molecular complexity index is 574. The molecule has 0 aliphatic carbocycles. The van der Waals surface area contributed by atoms with E-state index in [-0.39, 0.29) is 12.3 Å². The van der Waals surface area contributed by atoms with Crippen molar-refractivity contribution in [2.75, 3.05) is 13.1 Å². The first kappa shape index (κ1) is 12.8. The Morgan fingerprint density at radius 3 is 2.65 bits per heavy atom. The molecule has 1 radical (unpaired) electrons. The summed E-state index contributed by atoms with van der Waals surface area (Å²) in [7, 11) is 0. The van der Waals surface area contributed by atoms with Gasteiger partial charge in [0.15, 0.2) is 0 Å². The Kier molecular flexibility index (Phi) is 3.76. The van der Waals surface area contributed by atoms with Crippen molar-refractivity contribution in [3.05, 3.63) is 42.6 Å². The number of amides is 1. The standard InChI is InChI=1S/C15H16N3O2/c19-14(18-9-5-2-6-10-18)11-13-16-17-15(20-13)12-7-3-1-4-8-12/h1-4,7-8H,5-6,9-11H2. The molecule has 1 aromatic heterocycles. The Labute approximate surface area is 117 Å². The summed E-state index contributed by atoms with van der Waals surface area (Å²) >= 11 is 0. The van der Waals surface area contributed by atoms with Crippen LogP contribution >= 0.6 is 0 Å². The molecule has 1 aliphatic rings. The second-order valence-electron chi connectivity index (χ2n) is 4.79. The number of hydrogen-bond acceptors (Lipinski definition) is 4. The lowest BCUT2D eigenvalue weighted by Gasteiger charge is -2.25. The van der Waals surface area contributed by atoms with E-state index in [0.717, 1.165) is 31.5 Å². The fourth-order valence-corrected chi connectivity index (χ4v) is 2.26. The van der Waals surface area contributed by atoms with Crippen LogP contribution in [0.1, 0.15) is 18.7 Å². The van der Waals surface area contributed by atoms with Gasteiger partial charge in [0.1, 0.15) is 6.42 Å². The lowest BCUT2D eigenvalue weighted by Crippen LogP contribution is -2.36. The minimum absolute atomic E-state index is 0.0568. The van der Waals surface area contributed by atoms with Crippen molar-refractivity contribution < 1.29 is 9.21 Å². The number of carbonyl (C=O) groups excluding carboxylic acids is 1. The van der Waals surface area contributed by atoms with Gasteiger partial charge in [-0.2, -0.15) is 0 Å². The molecular formula is C15H16N3O2. The summed E-state index contributed by atoms with van der Waals surface area (Å²) in [6.45, 7) is 1.58. The quantitative estimate of drug-likeness (QED) is 0.857. The molecule has 1 amide bonds. The van der Waals surface area contributed by atoms with E-state index in [1.54, 1.807) is 0 Å². The number of carbonyl (C=O) groups is 1. The van der Waals surface area contributed by atoms with Crippen LogP contribution in [0.3, 0.4) is 0 Å². The highest BCUT2D eigenvalue weighted by Crippen LogP contribution is 2.17. The Morgan fingerprint density at radius 2 is 1.90 bits per heavy atom. The van der Waals surface area contributed by atoms with E-state index in [1.807, 2.05) is 35.2 Å².